The van der Waals surface area contributed by atoms with Gasteiger partial charge < -0.3 is 0 Å². The molecule has 3 heteroatoms. The van der Waals surface area contributed by atoms with Gasteiger partial charge in [-0.3, -0.25) is 5.01 Å². The van der Waals surface area contributed by atoms with E-state index in [4.69, 9.17) is 0 Å². The van der Waals surface area contributed by atoms with Crippen molar-refractivity contribution in [2.24, 2.45) is 22.5 Å². The Morgan fingerprint density at radius 2 is 1.79 bits per heavy atom. The molecular formula is C11H20N2O. The third-order valence-corrected chi connectivity index (χ3v) is 5.35. The second kappa shape index (κ2) is 2.71. The van der Waals surface area contributed by atoms with Crippen LogP contribution in [0.2, 0.25) is 0 Å². The first-order valence-electron chi connectivity index (χ1n) is 5.51. The molecule has 0 heterocycles. The van der Waals surface area contributed by atoms with E-state index < -0.39 is 0 Å². The van der Waals surface area contributed by atoms with Crippen LogP contribution in [0.3, 0.4) is 0 Å². The van der Waals surface area contributed by atoms with Crippen molar-refractivity contribution in [1.82, 2.24) is 5.01 Å². The largest absolute Gasteiger partial charge is 0.257 e. The minimum Gasteiger partial charge on any atom is -0.257 e. The van der Waals surface area contributed by atoms with Gasteiger partial charge in [0.25, 0.3) is 0 Å². The number of hydrogen-bond donors (Lipinski definition) is 0. The van der Waals surface area contributed by atoms with E-state index in [9.17, 15) is 4.91 Å². The summed E-state index contributed by atoms with van der Waals surface area (Å²) in [5.74, 6) is 1.44. The van der Waals surface area contributed by atoms with E-state index in [-0.39, 0.29) is 11.0 Å². The van der Waals surface area contributed by atoms with Crippen LogP contribution in [0.25, 0.3) is 0 Å². The Morgan fingerprint density at radius 1 is 1.21 bits per heavy atom. The predicted molar refractivity (Wildman–Crippen MR) is 56.6 cm³/mol. The Bertz CT molecular complexity index is 264. The van der Waals surface area contributed by atoms with E-state index in [1.165, 1.54) is 19.3 Å². The lowest BCUT2D eigenvalue weighted by Gasteiger charge is -2.50. The zero-order valence-electron chi connectivity index (χ0n) is 9.58. The standard InChI is InChI=1S/C11H20N2O/c1-10(2)8-5-6-9(7-8)11(10,3)13(4)12-14/h8-9H,5-7H2,1-4H3/t8-,9+,11-/m0/s1. The van der Waals surface area contributed by atoms with E-state index >= 15 is 0 Å². The number of hydrogen-bond acceptors (Lipinski definition) is 2. The summed E-state index contributed by atoms with van der Waals surface area (Å²) in [5.41, 5.74) is 0.191. The van der Waals surface area contributed by atoms with Crippen LogP contribution in [-0.4, -0.2) is 17.6 Å². The molecule has 0 aromatic rings. The molecule has 0 spiro atoms. The van der Waals surface area contributed by atoms with Gasteiger partial charge in [0.15, 0.2) is 0 Å². The molecule has 0 unspecified atom stereocenters. The smallest absolute Gasteiger partial charge is 0.0661 e. The highest BCUT2D eigenvalue weighted by Gasteiger charge is 2.62. The summed E-state index contributed by atoms with van der Waals surface area (Å²) in [6.07, 6.45) is 3.88. The van der Waals surface area contributed by atoms with Crippen molar-refractivity contribution >= 4 is 0 Å². The van der Waals surface area contributed by atoms with Crippen molar-refractivity contribution in [1.29, 1.82) is 0 Å². The van der Waals surface area contributed by atoms with Gasteiger partial charge >= 0.3 is 0 Å². The zero-order chi connectivity index (χ0) is 10.6. The van der Waals surface area contributed by atoms with Crippen molar-refractivity contribution in [2.75, 3.05) is 7.05 Å². The van der Waals surface area contributed by atoms with Crippen LogP contribution in [0.5, 0.6) is 0 Å². The quantitative estimate of drug-likeness (QED) is 0.502. The van der Waals surface area contributed by atoms with Crippen LogP contribution in [0.4, 0.5) is 0 Å². The highest BCUT2D eigenvalue weighted by atomic mass is 16.3. The Hall–Kier alpha value is -0.600. The summed E-state index contributed by atoms with van der Waals surface area (Å²) >= 11 is 0. The molecule has 2 saturated carbocycles. The topological polar surface area (TPSA) is 32.7 Å². The number of rotatable bonds is 2. The molecule has 0 aliphatic heterocycles. The second-order valence-electron chi connectivity index (χ2n) is 5.68. The molecule has 80 valence electrons. The second-order valence-corrected chi connectivity index (χ2v) is 5.68. The summed E-state index contributed by atoms with van der Waals surface area (Å²) in [6, 6.07) is 0. The Labute approximate surface area is 85.8 Å². The summed E-state index contributed by atoms with van der Waals surface area (Å²) in [5, 5.41) is 4.80. The zero-order valence-corrected chi connectivity index (χ0v) is 9.58. The number of nitrogens with zero attached hydrogens (tertiary/aromatic N) is 2. The Balaban J connectivity index is 2.38. The molecule has 2 bridgehead atoms. The van der Waals surface area contributed by atoms with Crippen LogP contribution in [-0.2, 0) is 0 Å². The average molecular weight is 196 g/mol. The maximum Gasteiger partial charge on any atom is 0.0661 e. The molecule has 2 fully saturated rings. The first kappa shape index (κ1) is 9.94. The molecule has 0 radical (unpaired) electrons. The third kappa shape index (κ3) is 0.882. The van der Waals surface area contributed by atoms with Gasteiger partial charge in [-0.1, -0.05) is 13.8 Å². The first-order chi connectivity index (χ1) is 6.44. The molecule has 0 aromatic heterocycles. The van der Waals surface area contributed by atoms with Crippen LogP contribution < -0.4 is 0 Å². The summed E-state index contributed by atoms with van der Waals surface area (Å²) in [6.45, 7) is 6.79. The van der Waals surface area contributed by atoms with Gasteiger partial charge in [0.05, 0.1) is 10.8 Å². The lowest BCUT2D eigenvalue weighted by Crippen LogP contribution is -2.55. The lowest BCUT2D eigenvalue weighted by molar-refractivity contribution is -0.0304. The molecule has 0 aromatic carbocycles. The summed E-state index contributed by atoms with van der Waals surface area (Å²) in [4.78, 5) is 10.7. The Kier molecular flexibility index (Phi) is 1.92. The van der Waals surface area contributed by atoms with E-state index in [2.05, 4.69) is 26.1 Å². The molecule has 0 amide bonds. The van der Waals surface area contributed by atoms with Crippen LogP contribution in [0, 0.1) is 22.2 Å². The molecule has 2 rings (SSSR count). The third-order valence-electron chi connectivity index (χ3n) is 5.35. The molecule has 3 nitrogen and oxygen atoms in total. The first-order valence-corrected chi connectivity index (χ1v) is 5.51. The summed E-state index contributed by atoms with van der Waals surface area (Å²) in [7, 11) is 1.83. The van der Waals surface area contributed by atoms with Crippen LogP contribution in [0.15, 0.2) is 5.29 Å². The van der Waals surface area contributed by atoms with E-state index in [0.717, 1.165) is 5.92 Å². The number of fused-ring (bicyclic) bond motifs is 2. The van der Waals surface area contributed by atoms with Crippen molar-refractivity contribution in [3.05, 3.63) is 4.91 Å². The predicted octanol–water partition coefficient (Wildman–Crippen LogP) is 2.81. The van der Waals surface area contributed by atoms with Crippen molar-refractivity contribution < 1.29 is 0 Å². The van der Waals surface area contributed by atoms with Crippen molar-refractivity contribution in [3.63, 3.8) is 0 Å². The van der Waals surface area contributed by atoms with Gasteiger partial charge in [-0.25, -0.2) is 0 Å². The SMILES string of the molecule is CN(N=O)[C@@]1(C)[C@@H]2CC[C@@H](C2)C1(C)C. The molecule has 2 aliphatic rings. The minimum absolute atomic E-state index is 0.0301. The maximum atomic E-state index is 10.7. The fourth-order valence-corrected chi connectivity index (χ4v) is 3.85. The van der Waals surface area contributed by atoms with E-state index in [1.807, 2.05) is 7.05 Å². The Morgan fingerprint density at radius 3 is 2.21 bits per heavy atom. The maximum absolute atomic E-state index is 10.7. The average Bonchev–Trinajstić information content (AvgIpc) is 2.68. The van der Waals surface area contributed by atoms with E-state index in [1.54, 1.807) is 5.01 Å². The highest BCUT2D eigenvalue weighted by Crippen LogP contribution is 2.63. The van der Waals surface area contributed by atoms with Crippen LogP contribution in [0.1, 0.15) is 40.0 Å². The minimum atomic E-state index is -0.0301. The molecule has 14 heavy (non-hydrogen) atoms. The normalized spacial score (nSPS) is 44.0. The van der Waals surface area contributed by atoms with Crippen molar-refractivity contribution in [2.45, 2.75) is 45.6 Å². The highest BCUT2D eigenvalue weighted by molar-refractivity contribution is 5.13. The van der Waals surface area contributed by atoms with Gasteiger partial charge in [-0.15, -0.1) is 4.91 Å². The fraction of sp³-hybridized carbons (Fsp3) is 1.00. The van der Waals surface area contributed by atoms with Gasteiger partial charge in [-0.05, 0) is 43.4 Å². The van der Waals surface area contributed by atoms with E-state index in [0.29, 0.717) is 5.92 Å². The molecule has 2 aliphatic carbocycles. The fourth-order valence-electron chi connectivity index (χ4n) is 3.85. The number of nitroso groups, excluding NO2 is 1. The molecule has 0 saturated heterocycles. The van der Waals surface area contributed by atoms with Crippen molar-refractivity contribution in [3.8, 4) is 0 Å². The lowest BCUT2D eigenvalue weighted by atomic mass is 9.64. The summed E-state index contributed by atoms with van der Waals surface area (Å²) < 4.78 is 0. The van der Waals surface area contributed by atoms with Gasteiger partial charge in [0.1, 0.15) is 0 Å². The van der Waals surface area contributed by atoms with Crippen LogP contribution >= 0.6 is 0 Å². The van der Waals surface area contributed by atoms with Gasteiger partial charge in [0.2, 0.25) is 0 Å². The van der Waals surface area contributed by atoms with Gasteiger partial charge in [0, 0.05) is 7.05 Å². The molecule has 0 N–H and O–H groups in total. The molecule has 3 atom stereocenters. The monoisotopic (exact) mass is 196 g/mol. The molecular weight excluding hydrogens is 176 g/mol. The van der Waals surface area contributed by atoms with Gasteiger partial charge in [-0.2, -0.15) is 0 Å².